The van der Waals surface area contributed by atoms with Crippen molar-refractivity contribution in [1.82, 2.24) is 20.4 Å². The maximum atomic E-state index is 12.8. The van der Waals surface area contributed by atoms with E-state index in [1.807, 2.05) is 30.3 Å². The number of benzene rings is 1. The summed E-state index contributed by atoms with van der Waals surface area (Å²) in [5.41, 5.74) is 3.69. The van der Waals surface area contributed by atoms with Crippen LogP contribution in [0.1, 0.15) is 27.3 Å². The Labute approximate surface area is 130 Å². The van der Waals surface area contributed by atoms with Crippen LogP contribution in [0, 0.1) is 0 Å². The summed E-state index contributed by atoms with van der Waals surface area (Å²) < 4.78 is 0. The normalized spacial score (nSPS) is 13.5. The molecule has 2 heterocycles. The Balaban J connectivity index is 1.83. The molecule has 2 N–H and O–H groups in total. The van der Waals surface area contributed by atoms with Gasteiger partial charge >= 0.3 is 0 Å². The first kappa shape index (κ1) is 14.5. The fraction of sp³-hybridized carbons (Fsp3) is 0.294. The van der Waals surface area contributed by atoms with Crippen molar-refractivity contribution < 1.29 is 4.79 Å². The van der Waals surface area contributed by atoms with Gasteiger partial charge in [0, 0.05) is 43.9 Å². The predicted octanol–water partition coefficient (Wildman–Crippen LogP) is 1.88. The Hall–Kier alpha value is -2.40. The zero-order chi connectivity index (χ0) is 15.4. The van der Waals surface area contributed by atoms with E-state index in [2.05, 4.69) is 22.1 Å². The number of hydrogen-bond donors (Lipinski definition) is 2. The molecule has 2 aromatic rings. The molecule has 5 heteroatoms. The monoisotopic (exact) mass is 296 g/mol. The van der Waals surface area contributed by atoms with Gasteiger partial charge in [-0.2, -0.15) is 5.10 Å². The zero-order valence-corrected chi connectivity index (χ0v) is 12.5. The molecule has 0 spiro atoms. The van der Waals surface area contributed by atoms with Gasteiger partial charge in [0.15, 0.2) is 5.69 Å². The van der Waals surface area contributed by atoms with Crippen LogP contribution in [-0.2, 0) is 19.5 Å². The molecule has 1 aliphatic heterocycles. The third-order valence-electron chi connectivity index (χ3n) is 3.86. The molecule has 22 heavy (non-hydrogen) atoms. The highest BCUT2D eigenvalue weighted by Crippen LogP contribution is 2.18. The van der Waals surface area contributed by atoms with Crippen molar-refractivity contribution in [2.75, 3.05) is 13.1 Å². The molecule has 1 aromatic carbocycles. The molecule has 0 bridgehead atoms. The zero-order valence-electron chi connectivity index (χ0n) is 12.5. The smallest absolute Gasteiger partial charge is 0.275 e. The number of carbonyl (C=O) groups excluding carboxylic acids is 1. The summed E-state index contributed by atoms with van der Waals surface area (Å²) in [6, 6.07) is 9.97. The molecule has 0 fully saturated rings. The first-order valence-electron chi connectivity index (χ1n) is 7.50. The second kappa shape index (κ2) is 6.58. The molecular formula is C17H20N4O. The Kier molecular flexibility index (Phi) is 4.34. The number of fused-ring (bicyclic) bond motifs is 1. The molecule has 1 aromatic heterocycles. The summed E-state index contributed by atoms with van der Waals surface area (Å²) in [7, 11) is 0. The molecule has 1 aliphatic rings. The van der Waals surface area contributed by atoms with E-state index in [0.29, 0.717) is 25.3 Å². The third-order valence-corrected chi connectivity index (χ3v) is 3.86. The molecule has 114 valence electrons. The van der Waals surface area contributed by atoms with Gasteiger partial charge in [-0.25, -0.2) is 0 Å². The molecule has 1 amide bonds. The van der Waals surface area contributed by atoms with Crippen LogP contribution in [0.15, 0.2) is 43.0 Å². The van der Waals surface area contributed by atoms with Crippen molar-refractivity contribution in [3.05, 3.63) is 65.5 Å². The molecule has 3 rings (SSSR count). The van der Waals surface area contributed by atoms with Gasteiger partial charge < -0.3 is 10.2 Å². The van der Waals surface area contributed by atoms with Crippen LogP contribution in [0.5, 0.6) is 0 Å². The van der Waals surface area contributed by atoms with Crippen molar-refractivity contribution in [2.45, 2.75) is 19.5 Å². The largest absolute Gasteiger partial charge is 0.329 e. The molecular weight excluding hydrogens is 276 g/mol. The molecule has 0 unspecified atom stereocenters. The van der Waals surface area contributed by atoms with Gasteiger partial charge in [0.1, 0.15) is 0 Å². The highest BCUT2D eigenvalue weighted by Gasteiger charge is 2.25. The second-order valence-electron chi connectivity index (χ2n) is 5.42. The number of hydrogen-bond acceptors (Lipinski definition) is 3. The van der Waals surface area contributed by atoms with Crippen LogP contribution in [0.3, 0.4) is 0 Å². The first-order chi connectivity index (χ1) is 10.8. The van der Waals surface area contributed by atoms with E-state index in [-0.39, 0.29) is 5.91 Å². The lowest BCUT2D eigenvalue weighted by molar-refractivity contribution is 0.0755. The minimum atomic E-state index is -0.0510. The van der Waals surface area contributed by atoms with Crippen LogP contribution >= 0.6 is 0 Å². The van der Waals surface area contributed by atoms with Gasteiger partial charge in [0.2, 0.25) is 0 Å². The lowest BCUT2D eigenvalue weighted by Gasteiger charge is -2.21. The van der Waals surface area contributed by atoms with Crippen molar-refractivity contribution >= 4 is 5.91 Å². The summed E-state index contributed by atoms with van der Waals surface area (Å²) in [6.45, 7) is 6.43. The molecule has 0 saturated carbocycles. The average molecular weight is 296 g/mol. The number of rotatable bonds is 5. The summed E-state index contributed by atoms with van der Waals surface area (Å²) in [5.74, 6) is -0.0510. The van der Waals surface area contributed by atoms with Crippen molar-refractivity contribution in [3.8, 4) is 0 Å². The number of H-pyrrole nitrogens is 1. The average Bonchev–Trinajstić information content (AvgIpc) is 2.99. The molecule has 0 atom stereocenters. The maximum Gasteiger partial charge on any atom is 0.275 e. The Morgan fingerprint density at radius 1 is 1.36 bits per heavy atom. The maximum absolute atomic E-state index is 12.8. The predicted molar refractivity (Wildman–Crippen MR) is 85.4 cm³/mol. The van der Waals surface area contributed by atoms with Crippen LogP contribution in [0.4, 0.5) is 0 Å². The number of carbonyl (C=O) groups is 1. The Morgan fingerprint density at radius 3 is 2.95 bits per heavy atom. The van der Waals surface area contributed by atoms with E-state index in [9.17, 15) is 4.79 Å². The number of amides is 1. The van der Waals surface area contributed by atoms with Gasteiger partial charge in [-0.05, 0) is 5.56 Å². The van der Waals surface area contributed by atoms with Crippen LogP contribution < -0.4 is 5.32 Å². The van der Waals surface area contributed by atoms with E-state index in [1.165, 1.54) is 0 Å². The fourth-order valence-electron chi connectivity index (χ4n) is 2.73. The van der Waals surface area contributed by atoms with Crippen LogP contribution in [-0.4, -0.2) is 34.1 Å². The van der Waals surface area contributed by atoms with Crippen molar-refractivity contribution in [3.63, 3.8) is 0 Å². The highest BCUT2D eigenvalue weighted by molar-refractivity contribution is 5.94. The highest BCUT2D eigenvalue weighted by atomic mass is 16.2. The molecule has 5 nitrogen and oxygen atoms in total. The molecule has 0 aliphatic carbocycles. The van der Waals surface area contributed by atoms with E-state index in [4.69, 9.17) is 0 Å². The molecule has 0 saturated heterocycles. The summed E-state index contributed by atoms with van der Waals surface area (Å²) in [4.78, 5) is 14.6. The topological polar surface area (TPSA) is 61.0 Å². The van der Waals surface area contributed by atoms with E-state index in [0.717, 1.165) is 29.8 Å². The fourth-order valence-corrected chi connectivity index (χ4v) is 2.73. The Bertz CT molecular complexity index is 663. The summed E-state index contributed by atoms with van der Waals surface area (Å²) in [5, 5.41) is 10.5. The minimum absolute atomic E-state index is 0.0510. The van der Waals surface area contributed by atoms with Gasteiger partial charge in [-0.15, -0.1) is 6.58 Å². The van der Waals surface area contributed by atoms with Gasteiger partial charge in [0.05, 0.1) is 0 Å². The van der Waals surface area contributed by atoms with Crippen LogP contribution in [0.2, 0.25) is 0 Å². The molecule has 0 radical (unpaired) electrons. The summed E-state index contributed by atoms with van der Waals surface area (Å²) >= 11 is 0. The van der Waals surface area contributed by atoms with E-state index in [1.54, 1.807) is 11.0 Å². The van der Waals surface area contributed by atoms with E-state index >= 15 is 0 Å². The quantitative estimate of drug-likeness (QED) is 0.828. The summed E-state index contributed by atoms with van der Waals surface area (Å²) in [6.07, 6.45) is 2.63. The number of nitrogens with one attached hydrogen (secondary N) is 2. The van der Waals surface area contributed by atoms with Gasteiger partial charge in [-0.1, -0.05) is 36.4 Å². The number of aromatic amines is 1. The SMILES string of the molecule is C=CCN(Cc1ccccc1)C(=O)c1n[nH]c2c1CNCC2. The van der Waals surface area contributed by atoms with Gasteiger partial charge in [0.25, 0.3) is 5.91 Å². The van der Waals surface area contributed by atoms with Crippen LogP contribution in [0.25, 0.3) is 0 Å². The van der Waals surface area contributed by atoms with Gasteiger partial charge in [-0.3, -0.25) is 9.89 Å². The number of aromatic nitrogens is 2. The second-order valence-corrected chi connectivity index (χ2v) is 5.42. The standard InChI is InChI=1S/C17H20N4O/c1-2-10-21(12-13-6-4-3-5-7-13)17(22)16-14-11-18-9-8-15(14)19-20-16/h2-7,18H,1,8-12H2,(H,19,20). The Morgan fingerprint density at radius 2 is 2.18 bits per heavy atom. The number of nitrogens with zero attached hydrogens (tertiary/aromatic N) is 2. The van der Waals surface area contributed by atoms with E-state index < -0.39 is 0 Å². The lowest BCUT2D eigenvalue weighted by atomic mass is 10.1. The van der Waals surface area contributed by atoms with Crippen molar-refractivity contribution in [1.29, 1.82) is 0 Å². The third kappa shape index (κ3) is 2.94. The lowest BCUT2D eigenvalue weighted by Crippen LogP contribution is -2.33. The minimum Gasteiger partial charge on any atom is -0.329 e. The first-order valence-corrected chi connectivity index (χ1v) is 7.50. The van der Waals surface area contributed by atoms with Crippen molar-refractivity contribution in [2.24, 2.45) is 0 Å².